The Bertz CT molecular complexity index is 987. The van der Waals surface area contributed by atoms with Crippen molar-refractivity contribution in [3.8, 4) is 0 Å². The molecule has 0 radical (unpaired) electrons. The van der Waals surface area contributed by atoms with Crippen LogP contribution in [0, 0.1) is 18.8 Å². The Morgan fingerprint density at radius 1 is 1.41 bits per heavy atom. The number of fused-ring (bicyclic) bond motifs is 1. The number of benzene rings is 1. The van der Waals surface area contributed by atoms with Crippen LogP contribution in [0.4, 0.5) is 11.5 Å². The molecule has 4 heterocycles. The number of aromatic nitrogens is 1. The van der Waals surface area contributed by atoms with Gasteiger partial charge in [0.15, 0.2) is 5.82 Å². The molecule has 7 nitrogen and oxygen atoms in total. The van der Waals surface area contributed by atoms with Crippen LogP contribution in [0.15, 0.2) is 47.0 Å². The Balaban J connectivity index is 1.44. The van der Waals surface area contributed by atoms with E-state index in [-0.39, 0.29) is 11.8 Å². The van der Waals surface area contributed by atoms with Gasteiger partial charge in [-0.15, -0.1) is 0 Å². The number of halogens is 1. The molecule has 0 saturated carbocycles. The van der Waals surface area contributed by atoms with E-state index in [1.165, 1.54) is 4.90 Å². The highest BCUT2D eigenvalue weighted by atomic mass is 35.5. The number of nitrogens with zero attached hydrogens (tertiary/aromatic N) is 2. The highest BCUT2D eigenvalue weighted by Crippen LogP contribution is 2.52. The van der Waals surface area contributed by atoms with E-state index in [0.717, 1.165) is 0 Å². The highest BCUT2D eigenvalue weighted by Gasteiger charge is 2.67. The fourth-order valence-corrected chi connectivity index (χ4v) is 4.45. The Hall–Kier alpha value is -2.64. The maximum Gasteiger partial charge on any atom is 0.235 e. The molecule has 1 N–H and O–H groups in total. The van der Waals surface area contributed by atoms with Crippen LogP contribution >= 0.6 is 11.6 Å². The zero-order valence-electron chi connectivity index (χ0n) is 14.4. The molecule has 3 aliphatic rings. The Morgan fingerprint density at radius 2 is 2.26 bits per heavy atom. The van der Waals surface area contributed by atoms with E-state index in [2.05, 4.69) is 10.5 Å². The maximum atomic E-state index is 13.1. The smallest absolute Gasteiger partial charge is 0.235 e. The average molecular weight is 386 g/mol. The molecule has 0 unspecified atom stereocenters. The third kappa shape index (κ3) is 2.42. The molecule has 2 aromatic rings. The SMILES string of the molecule is Cc1cc(N2C[C@@]34C=C[C@@H](O3)[C@@H](C(=O)Nc3cccc(Cl)c3)[C@@H]4C2=O)no1. The molecule has 138 valence electrons. The van der Waals surface area contributed by atoms with Crippen molar-refractivity contribution in [2.45, 2.75) is 18.6 Å². The van der Waals surface area contributed by atoms with Crippen LogP contribution in [-0.4, -0.2) is 35.2 Å². The lowest BCUT2D eigenvalue weighted by Gasteiger charge is -2.23. The molecule has 2 saturated heterocycles. The quantitative estimate of drug-likeness (QED) is 0.821. The van der Waals surface area contributed by atoms with Gasteiger partial charge >= 0.3 is 0 Å². The molecule has 2 amide bonds. The van der Waals surface area contributed by atoms with Crippen molar-refractivity contribution in [3.05, 3.63) is 53.3 Å². The topological polar surface area (TPSA) is 84.7 Å². The van der Waals surface area contributed by atoms with Crippen molar-refractivity contribution in [1.29, 1.82) is 0 Å². The summed E-state index contributed by atoms with van der Waals surface area (Å²) in [6.07, 6.45) is 3.35. The minimum Gasteiger partial charge on any atom is -0.360 e. The third-order valence-electron chi connectivity index (χ3n) is 5.39. The number of carbonyl (C=O) groups excluding carboxylic acids is 2. The number of ether oxygens (including phenoxy) is 1. The second-order valence-electron chi connectivity index (χ2n) is 7.12. The zero-order valence-corrected chi connectivity index (χ0v) is 15.1. The maximum absolute atomic E-state index is 13.1. The van der Waals surface area contributed by atoms with Crippen LogP contribution in [0.2, 0.25) is 5.02 Å². The molecule has 2 fully saturated rings. The first-order chi connectivity index (χ1) is 13.0. The number of hydrogen-bond acceptors (Lipinski definition) is 5. The van der Waals surface area contributed by atoms with Crippen LogP contribution in [0.1, 0.15) is 5.76 Å². The van der Waals surface area contributed by atoms with Crippen molar-refractivity contribution < 1.29 is 18.8 Å². The first-order valence-electron chi connectivity index (χ1n) is 8.65. The number of hydrogen-bond donors (Lipinski definition) is 1. The van der Waals surface area contributed by atoms with Gasteiger partial charge in [-0.05, 0) is 25.1 Å². The summed E-state index contributed by atoms with van der Waals surface area (Å²) >= 11 is 5.99. The lowest BCUT2D eigenvalue weighted by molar-refractivity contribution is -0.128. The van der Waals surface area contributed by atoms with Crippen molar-refractivity contribution in [2.24, 2.45) is 11.8 Å². The summed E-state index contributed by atoms with van der Waals surface area (Å²) in [7, 11) is 0. The number of anilines is 2. The Morgan fingerprint density at radius 3 is 3.00 bits per heavy atom. The fourth-order valence-electron chi connectivity index (χ4n) is 4.26. The van der Waals surface area contributed by atoms with Gasteiger partial charge in [-0.3, -0.25) is 14.5 Å². The second kappa shape index (κ2) is 5.68. The van der Waals surface area contributed by atoms with E-state index >= 15 is 0 Å². The summed E-state index contributed by atoms with van der Waals surface area (Å²) in [5.41, 5.74) is -0.215. The predicted octanol–water partition coefficient (Wildman–Crippen LogP) is 2.56. The van der Waals surface area contributed by atoms with E-state index in [4.69, 9.17) is 20.9 Å². The van der Waals surface area contributed by atoms with Gasteiger partial charge in [-0.2, -0.15) is 0 Å². The summed E-state index contributed by atoms with van der Waals surface area (Å²) < 4.78 is 11.2. The number of rotatable bonds is 3. The number of nitrogens with one attached hydrogen (secondary N) is 1. The molecule has 2 bridgehead atoms. The van der Waals surface area contributed by atoms with Crippen LogP contribution in [0.3, 0.4) is 0 Å². The number of aryl methyl sites for hydroxylation is 1. The van der Waals surface area contributed by atoms with E-state index in [1.54, 1.807) is 37.3 Å². The molecule has 1 aromatic carbocycles. The van der Waals surface area contributed by atoms with E-state index in [9.17, 15) is 9.59 Å². The molecule has 0 aliphatic carbocycles. The standard InChI is InChI=1S/C19H16ClN3O4/c1-10-7-14(22-27-10)23-9-19-6-5-13(26-19)15(16(19)18(23)25)17(24)21-12-4-2-3-11(20)8-12/h2-8,13,15-16H,9H2,1H3,(H,21,24)/t13-,15-,16-,19-/m1/s1. The van der Waals surface area contributed by atoms with Crippen LogP contribution in [-0.2, 0) is 14.3 Å². The van der Waals surface area contributed by atoms with Crippen LogP contribution in [0.25, 0.3) is 0 Å². The first kappa shape index (κ1) is 16.5. The monoisotopic (exact) mass is 385 g/mol. The minimum atomic E-state index is -0.801. The number of carbonyl (C=O) groups is 2. The van der Waals surface area contributed by atoms with Gasteiger partial charge in [0.25, 0.3) is 0 Å². The summed E-state index contributed by atoms with van der Waals surface area (Å²) in [4.78, 5) is 27.6. The molecule has 5 rings (SSSR count). The van der Waals surface area contributed by atoms with E-state index < -0.39 is 23.5 Å². The summed E-state index contributed by atoms with van der Waals surface area (Å²) in [5.74, 6) is -0.589. The van der Waals surface area contributed by atoms with E-state index in [1.807, 2.05) is 12.2 Å². The van der Waals surface area contributed by atoms with Crippen molar-refractivity contribution in [2.75, 3.05) is 16.8 Å². The highest BCUT2D eigenvalue weighted by molar-refractivity contribution is 6.30. The second-order valence-corrected chi connectivity index (χ2v) is 7.56. The van der Waals surface area contributed by atoms with Crippen molar-refractivity contribution in [3.63, 3.8) is 0 Å². The van der Waals surface area contributed by atoms with Crippen LogP contribution < -0.4 is 10.2 Å². The lowest BCUT2D eigenvalue weighted by Crippen LogP contribution is -2.41. The van der Waals surface area contributed by atoms with E-state index in [0.29, 0.717) is 28.8 Å². The summed E-state index contributed by atoms with van der Waals surface area (Å²) in [6.45, 7) is 2.08. The van der Waals surface area contributed by atoms with Gasteiger partial charge in [0.1, 0.15) is 11.4 Å². The molecule has 3 aliphatic heterocycles. The van der Waals surface area contributed by atoms with Gasteiger partial charge in [0.2, 0.25) is 11.8 Å². The average Bonchev–Trinajstić information content (AvgIpc) is 3.36. The zero-order chi connectivity index (χ0) is 18.8. The molecule has 1 spiro atoms. The minimum absolute atomic E-state index is 0.179. The lowest BCUT2D eigenvalue weighted by atomic mass is 9.77. The summed E-state index contributed by atoms with van der Waals surface area (Å²) in [5, 5.41) is 7.32. The molecular weight excluding hydrogens is 370 g/mol. The van der Waals surface area contributed by atoms with Gasteiger partial charge in [-0.1, -0.05) is 35.0 Å². The van der Waals surface area contributed by atoms with Gasteiger partial charge in [-0.25, -0.2) is 0 Å². The largest absolute Gasteiger partial charge is 0.360 e. The molecule has 1 aromatic heterocycles. The molecule has 8 heteroatoms. The van der Waals surface area contributed by atoms with Crippen molar-refractivity contribution >= 4 is 34.9 Å². The van der Waals surface area contributed by atoms with Crippen LogP contribution in [0.5, 0.6) is 0 Å². The van der Waals surface area contributed by atoms with Gasteiger partial charge in [0, 0.05) is 16.8 Å². The number of amides is 2. The van der Waals surface area contributed by atoms with Gasteiger partial charge < -0.3 is 14.6 Å². The fraction of sp³-hybridized carbons (Fsp3) is 0.316. The molecule has 27 heavy (non-hydrogen) atoms. The predicted molar refractivity (Wildman–Crippen MR) is 97.4 cm³/mol. The van der Waals surface area contributed by atoms with Gasteiger partial charge in [0.05, 0.1) is 24.5 Å². The van der Waals surface area contributed by atoms with Crippen molar-refractivity contribution in [1.82, 2.24) is 5.16 Å². The summed E-state index contributed by atoms with van der Waals surface area (Å²) in [6, 6.07) is 8.61. The third-order valence-corrected chi connectivity index (χ3v) is 5.62. The first-order valence-corrected chi connectivity index (χ1v) is 9.03. The normalized spacial score (nSPS) is 30.8. The Labute approximate surface area is 159 Å². The molecule has 4 atom stereocenters. The molecular formula is C19H16ClN3O4. The Kier molecular flexibility index (Phi) is 3.47.